The summed E-state index contributed by atoms with van der Waals surface area (Å²) in [5.41, 5.74) is 0.278. The van der Waals surface area contributed by atoms with Gasteiger partial charge in [0.15, 0.2) is 0 Å². The summed E-state index contributed by atoms with van der Waals surface area (Å²) in [6.07, 6.45) is -1.37. The molecule has 16 heavy (non-hydrogen) atoms. The zero-order chi connectivity index (χ0) is 12.1. The minimum absolute atomic E-state index is 0.0962. The normalized spacial score (nSPS) is 14.2. The lowest BCUT2D eigenvalue weighted by Crippen LogP contribution is -2.23. The van der Waals surface area contributed by atoms with Crippen molar-refractivity contribution in [3.05, 3.63) is 29.0 Å². The summed E-state index contributed by atoms with van der Waals surface area (Å²) in [5.74, 6) is -0.605. The van der Waals surface area contributed by atoms with Crippen LogP contribution < -0.4 is 0 Å². The Hall–Kier alpha value is -1.17. The van der Waals surface area contributed by atoms with Crippen LogP contribution in [-0.2, 0) is 9.53 Å². The third kappa shape index (κ3) is 3.16. The van der Waals surface area contributed by atoms with Crippen LogP contribution in [-0.4, -0.2) is 34.4 Å². The minimum atomic E-state index is -1.27. The number of aromatic nitrogens is 1. The highest BCUT2D eigenvalue weighted by Crippen LogP contribution is 2.24. The van der Waals surface area contributed by atoms with Gasteiger partial charge in [0.05, 0.1) is 19.6 Å². The molecule has 0 fully saturated rings. The zero-order valence-corrected chi connectivity index (χ0v) is 9.39. The second-order valence-electron chi connectivity index (χ2n) is 3.18. The van der Waals surface area contributed by atoms with Gasteiger partial charge in [0.1, 0.15) is 11.3 Å². The Balaban J connectivity index is 2.74. The molecule has 2 unspecified atom stereocenters. The molecule has 0 aliphatic carbocycles. The molecule has 0 aliphatic rings. The standard InChI is InChI=1S/C10H12ClNO4/c1-16-8(14)5-7(13)9(15)6-3-2-4-12-10(6)11/h2-4,7,9,13,15H,5H2,1H3. The molecular formula is C10H12ClNO4. The van der Waals surface area contributed by atoms with E-state index in [2.05, 4.69) is 9.72 Å². The maximum atomic E-state index is 10.9. The van der Waals surface area contributed by atoms with E-state index >= 15 is 0 Å². The largest absolute Gasteiger partial charge is 0.469 e. The van der Waals surface area contributed by atoms with Crippen LogP contribution >= 0.6 is 11.6 Å². The van der Waals surface area contributed by atoms with Crippen molar-refractivity contribution >= 4 is 17.6 Å². The average molecular weight is 246 g/mol. The molecule has 5 nitrogen and oxygen atoms in total. The summed E-state index contributed by atoms with van der Waals surface area (Å²) < 4.78 is 4.38. The van der Waals surface area contributed by atoms with Gasteiger partial charge in [-0.25, -0.2) is 4.98 Å². The van der Waals surface area contributed by atoms with Crippen LogP contribution in [0.15, 0.2) is 18.3 Å². The Morgan fingerprint density at radius 2 is 2.31 bits per heavy atom. The molecule has 1 aromatic rings. The van der Waals surface area contributed by atoms with E-state index in [0.29, 0.717) is 0 Å². The number of carbonyl (C=O) groups excluding carboxylic acids is 1. The maximum absolute atomic E-state index is 10.9. The molecule has 1 rings (SSSR count). The predicted molar refractivity (Wildman–Crippen MR) is 56.8 cm³/mol. The van der Waals surface area contributed by atoms with Gasteiger partial charge >= 0.3 is 5.97 Å². The lowest BCUT2D eigenvalue weighted by atomic mass is 10.0. The van der Waals surface area contributed by atoms with E-state index in [9.17, 15) is 15.0 Å². The number of pyridine rings is 1. The van der Waals surface area contributed by atoms with Gasteiger partial charge in [-0.15, -0.1) is 0 Å². The first-order chi connectivity index (χ1) is 7.56. The molecule has 1 heterocycles. The van der Waals surface area contributed by atoms with Crippen LogP contribution in [0.25, 0.3) is 0 Å². The number of nitrogens with zero attached hydrogens (tertiary/aromatic N) is 1. The van der Waals surface area contributed by atoms with Crippen LogP contribution in [0.5, 0.6) is 0 Å². The zero-order valence-electron chi connectivity index (χ0n) is 8.63. The highest BCUT2D eigenvalue weighted by molar-refractivity contribution is 6.30. The number of halogens is 1. The Morgan fingerprint density at radius 3 is 2.88 bits per heavy atom. The van der Waals surface area contributed by atoms with E-state index < -0.39 is 18.2 Å². The quantitative estimate of drug-likeness (QED) is 0.603. The fourth-order valence-electron chi connectivity index (χ4n) is 1.19. The van der Waals surface area contributed by atoms with Crippen molar-refractivity contribution in [1.29, 1.82) is 0 Å². The second-order valence-corrected chi connectivity index (χ2v) is 3.53. The molecule has 0 radical (unpaired) electrons. The lowest BCUT2D eigenvalue weighted by molar-refractivity contribution is -0.144. The van der Waals surface area contributed by atoms with Gasteiger partial charge in [-0.05, 0) is 6.07 Å². The van der Waals surface area contributed by atoms with E-state index in [4.69, 9.17) is 11.6 Å². The number of esters is 1. The molecule has 88 valence electrons. The van der Waals surface area contributed by atoms with Crippen molar-refractivity contribution < 1.29 is 19.7 Å². The maximum Gasteiger partial charge on any atom is 0.308 e. The first kappa shape index (κ1) is 12.9. The topological polar surface area (TPSA) is 79.7 Å². The highest BCUT2D eigenvalue weighted by Gasteiger charge is 2.23. The molecule has 0 saturated heterocycles. The Labute approximate surface area is 97.6 Å². The number of ether oxygens (including phenoxy) is 1. The van der Waals surface area contributed by atoms with Crippen LogP contribution in [0, 0.1) is 0 Å². The smallest absolute Gasteiger partial charge is 0.308 e. The van der Waals surface area contributed by atoms with Gasteiger partial charge in [0.2, 0.25) is 0 Å². The number of rotatable bonds is 4. The van der Waals surface area contributed by atoms with Crippen LogP contribution in [0.2, 0.25) is 5.15 Å². The van der Waals surface area contributed by atoms with E-state index in [1.807, 2.05) is 0 Å². The van der Waals surface area contributed by atoms with Gasteiger partial charge in [-0.3, -0.25) is 4.79 Å². The van der Waals surface area contributed by atoms with Crippen molar-refractivity contribution in [2.75, 3.05) is 7.11 Å². The van der Waals surface area contributed by atoms with Gasteiger partial charge in [0, 0.05) is 11.8 Å². The summed E-state index contributed by atoms with van der Waals surface area (Å²) in [6, 6.07) is 3.11. The SMILES string of the molecule is COC(=O)CC(O)C(O)c1cccnc1Cl. The monoisotopic (exact) mass is 245 g/mol. The highest BCUT2D eigenvalue weighted by atomic mass is 35.5. The number of aliphatic hydroxyl groups is 2. The van der Waals surface area contributed by atoms with Gasteiger partial charge < -0.3 is 14.9 Å². The molecule has 2 atom stereocenters. The van der Waals surface area contributed by atoms with E-state index in [-0.39, 0.29) is 17.1 Å². The predicted octanol–water partition coefficient (Wildman–Crippen LogP) is 0.692. The fraction of sp³-hybridized carbons (Fsp3) is 0.400. The van der Waals surface area contributed by atoms with Crippen molar-refractivity contribution in [2.24, 2.45) is 0 Å². The van der Waals surface area contributed by atoms with Crippen molar-refractivity contribution in [3.8, 4) is 0 Å². The van der Waals surface area contributed by atoms with Gasteiger partial charge in [0.25, 0.3) is 0 Å². The van der Waals surface area contributed by atoms with E-state index in [1.165, 1.54) is 19.4 Å². The van der Waals surface area contributed by atoms with Crippen LogP contribution in [0.1, 0.15) is 18.1 Å². The molecule has 0 spiro atoms. The third-order valence-corrected chi connectivity index (χ3v) is 2.39. The van der Waals surface area contributed by atoms with Gasteiger partial charge in [-0.1, -0.05) is 17.7 Å². The van der Waals surface area contributed by atoms with Crippen molar-refractivity contribution in [1.82, 2.24) is 4.98 Å². The molecule has 2 N–H and O–H groups in total. The molecule has 6 heteroatoms. The fourth-order valence-corrected chi connectivity index (χ4v) is 1.42. The van der Waals surface area contributed by atoms with Crippen LogP contribution in [0.4, 0.5) is 0 Å². The van der Waals surface area contributed by atoms with Crippen molar-refractivity contribution in [2.45, 2.75) is 18.6 Å². The van der Waals surface area contributed by atoms with E-state index in [0.717, 1.165) is 0 Å². The number of hydrogen-bond donors (Lipinski definition) is 2. The summed E-state index contributed by atoms with van der Waals surface area (Å²) >= 11 is 5.74. The van der Waals surface area contributed by atoms with Crippen LogP contribution in [0.3, 0.4) is 0 Å². The third-order valence-electron chi connectivity index (χ3n) is 2.07. The summed E-state index contributed by atoms with van der Waals surface area (Å²) in [5, 5.41) is 19.4. The van der Waals surface area contributed by atoms with Crippen molar-refractivity contribution in [3.63, 3.8) is 0 Å². The molecule has 0 saturated carbocycles. The average Bonchev–Trinajstić information content (AvgIpc) is 2.28. The molecule has 0 aromatic carbocycles. The number of carbonyl (C=O) groups is 1. The Bertz CT molecular complexity index is 372. The minimum Gasteiger partial charge on any atom is -0.469 e. The van der Waals surface area contributed by atoms with E-state index in [1.54, 1.807) is 6.07 Å². The lowest BCUT2D eigenvalue weighted by Gasteiger charge is -2.17. The number of methoxy groups -OCH3 is 1. The first-order valence-corrected chi connectivity index (χ1v) is 4.97. The molecular weight excluding hydrogens is 234 g/mol. The molecule has 0 aliphatic heterocycles. The summed E-state index contributed by atoms with van der Waals surface area (Å²) in [6.45, 7) is 0. The molecule has 1 aromatic heterocycles. The molecule has 0 amide bonds. The first-order valence-electron chi connectivity index (χ1n) is 4.59. The Morgan fingerprint density at radius 1 is 1.62 bits per heavy atom. The number of hydrogen-bond acceptors (Lipinski definition) is 5. The Kier molecular flexibility index (Phi) is 4.67. The summed E-state index contributed by atoms with van der Waals surface area (Å²) in [7, 11) is 1.21. The number of aliphatic hydroxyl groups excluding tert-OH is 2. The molecule has 0 bridgehead atoms. The second kappa shape index (κ2) is 5.79. The summed E-state index contributed by atoms with van der Waals surface area (Å²) in [4.78, 5) is 14.7. The van der Waals surface area contributed by atoms with Gasteiger partial charge in [-0.2, -0.15) is 0 Å².